The van der Waals surface area contributed by atoms with E-state index in [2.05, 4.69) is 27.8 Å². The predicted molar refractivity (Wildman–Crippen MR) is 115 cm³/mol. The van der Waals surface area contributed by atoms with Gasteiger partial charge >= 0.3 is 6.03 Å². The molecule has 0 aliphatic carbocycles. The Morgan fingerprint density at radius 1 is 1.10 bits per heavy atom. The average Bonchev–Trinajstić information content (AvgIpc) is 3.39. The number of carbonyl (C=O) groups is 1. The molecule has 2 aromatic carbocycles. The molecule has 8 heteroatoms. The van der Waals surface area contributed by atoms with Crippen molar-refractivity contribution in [1.82, 2.24) is 10.3 Å². The minimum atomic E-state index is -0.476. The third kappa shape index (κ3) is 4.12. The summed E-state index contributed by atoms with van der Waals surface area (Å²) in [5, 5.41) is 19.5. The molecule has 2 amide bonds. The quantitative estimate of drug-likeness (QED) is 0.307. The first-order chi connectivity index (χ1) is 14.1. The summed E-state index contributed by atoms with van der Waals surface area (Å²) in [6.07, 6.45) is 1.99. The SMILES string of the molecule is O=C(NCC(c1cccs1)c1c[nH]c2ccccc12)Nc1ccc([N+](=O)[O-])cc1. The Morgan fingerprint density at radius 3 is 2.62 bits per heavy atom. The number of hydrogen-bond donors (Lipinski definition) is 3. The third-order valence-corrected chi connectivity index (χ3v) is 5.67. The standard InChI is InChI=1S/C21H18N4O3S/c26-21(24-14-7-9-15(10-8-14)25(27)28)23-13-18(20-6-3-11-29-20)17-12-22-19-5-2-1-4-16(17)19/h1-12,18,22H,13H2,(H2,23,24,26). The van der Waals surface area contributed by atoms with E-state index < -0.39 is 4.92 Å². The van der Waals surface area contributed by atoms with E-state index in [1.54, 1.807) is 11.3 Å². The van der Waals surface area contributed by atoms with Crippen molar-refractivity contribution in [3.8, 4) is 0 Å². The smallest absolute Gasteiger partial charge is 0.319 e. The van der Waals surface area contributed by atoms with Crippen molar-refractivity contribution in [2.24, 2.45) is 0 Å². The molecule has 2 aromatic heterocycles. The summed E-state index contributed by atoms with van der Waals surface area (Å²) in [5.74, 6) is 0.00811. The maximum atomic E-state index is 12.4. The van der Waals surface area contributed by atoms with Crippen LogP contribution < -0.4 is 10.6 Å². The monoisotopic (exact) mass is 406 g/mol. The predicted octanol–water partition coefficient (Wildman–Crippen LogP) is 5.09. The van der Waals surface area contributed by atoms with Crippen molar-refractivity contribution < 1.29 is 9.72 Å². The zero-order chi connectivity index (χ0) is 20.2. The number of urea groups is 1. The highest BCUT2D eigenvalue weighted by molar-refractivity contribution is 7.10. The molecule has 2 heterocycles. The summed E-state index contributed by atoms with van der Waals surface area (Å²) in [4.78, 5) is 27.1. The average molecular weight is 406 g/mol. The van der Waals surface area contributed by atoms with Crippen LogP contribution in [0.4, 0.5) is 16.2 Å². The van der Waals surface area contributed by atoms with E-state index in [4.69, 9.17) is 0 Å². The second-order valence-corrected chi connectivity index (χ2v) is 7.48. The Kier molecular flexibility index (Phi) is 5.26. The number of fused-ring (bicyclic) bond motifs is 1. The summed E-state index contributed by atoms with van der Waals surface area (Å²) in [6.45, 7) is 0.418. The van der Waals surface area contributed by atoms with Gasteiger partial charge in [0.15, 0.2) is 0 Å². The van der Waals surface area contributed by atoms with Crippen molar-refractivity contribution in [3.05, 3.63) is 92.8 Å². The zero-order valence-corrected chi connectivity index (χ0v) is 16.1. The van der Waals surface area contributed by atoms with Crippen LogP contribution in [-0.4, -0.2) is 22.5 Å². The summed E-state index contributed by atoms with van der Waals surface area (Å²) in [5.41, 5.74) is 2.65. The van der Waals surface area contributed by atoms with Gasteiger partial charge in [0.05, 0.1) is 4.92 Å². The number of aromatic nitrogens is 1. The van der Waals surface area contributed by atoms with Gasteiger partial charge in [-0.05, 0) is 35.2 Å². The van der Waals surface area contributed by atoms with Gasteiger partial charge in [-0.25, -0.2) is 4.79 Å². The topological polar surface area (TPSA) is 100 Å². The normalized spacial score (nSPS) is 11.9. The molecule has 29 heavy (non-hydrogen) atoms. The van der Waals surface area contributed by atoms with E-state index in [0.29, 0.717) is 12.2 Å². The zero-order valence-electron chi connectivity index (χ0n) is 15.3. The number of carbonyl (C=O) groups excluding carboxylic acids is 1. The van der Waals surface area contributed by atoms with Crippen LogP contribution in [-0.2, 0) is 0 Å². The summed E-state index contributed by atoms with van der Waals surface area (Å²) < 4.78 is 0. The van der Waals surface area contributed by atoms with Crippen molar-refractivity contribution in [1.29, 1.82) is 0 Å². The maximum Gasteiger partial charge on any atom is 0.319 e. The lowest BCUT2D eigenvalue weighted by Gasteiger charge is -2.16. The molecule has 0 radical (unpaired) electrons. The van der Waals surface area contributed by atoms with Crippen LogP contribution in [0.15, 0.2) is 72.2 Å². The van der Waals surface area contributed by atoms with Crippen LogP contribution >= 0.6 is 11.3 Å². The Hall–Kier alpha value is -3.65. The van der Waals surface area contributed by atoms with Crippen LogP contribution in [0.25, 0.3) is 10.9 Å². The number of para-hydroxylation sites is 1. The number of benzene rings is 2. The fourth-order valence-corrected chi connectivity index (χ4v) is 4.12. The van der Waals surface area contributed by atoms with Gasteiger partial charge in [-0.1, -0.05) is 24.3 Å². The molecule has 4 rings (SSSR count). The number of nitrogens with zero attached hydrogens (tertiary/aromatic N) is 1. The van der Waals surface area contributed by atoms with Gasteiger partial charge in [0.2, 0.25) is 0 Å². The first-order valence-corrected chi connectivity index (χ1v) is 9.88. The van der Waals surface area contributed by atoms with Crippen LogP contribution in [0.3, 0.4) is 0 Å². The Morgan fingerprint density at radius 2 is 1.90 bits per heavy atom. The number of nitro benzene ring substituents is 1. The van der Waals surface area contributed by atoms with E-state index in [9.17, 15) is 14.9 Å². The number of nitrogens with one attached hydrogen (secondary N) is 3. The number of anilines is 1. The third-order valence-electron chi connectivity index (χ3n) is 4.69. The van der Waals surface area contributed by atoms with Gasteiger partial charge in [0, 0.05) is 52.3 Å². The van der Waals surface area contributed by atoms with Crippen molar-refractivity contribution in [2.75, 3.05) is 11.9 Å². The number of aromatic amines is 1. The Balaban J connectivity index is 1.49. The number of H-pyrrole nitrogens is 1. The second-order valence-electron chi connectivity index (χ2n) is 6.50. The molecule has 0 aliphatic heterocycles. The molecular weight excluding hydrogens is 388 g/mol. The Labute approximate surface area is 170 Å². The highest BCUT2D eigenvalue weighted by Gasteiger charge is 2.20. The molecule has 0 aliphatic rings. The van der Waals surface area contributed by atoms with Crippen LogP contribution in [0.1, 0.15) is 16.4 Å². The van der Waals surface area contributed by atoms with Crippen molar-refractivity contribution in [2.45, 2.75) is 5.92 Å². The molecule has 4 aromatic rings. The molecule has 3 N–H and O–H groups in total. The lowest BCUT2D eigenvalue weighted by atomic mass is 9.97. The lowest BCUT2D eigenvalue weighted by Crippen LogP contribution is -2.32. The van der Waals surface area contributed by atoms with E-state index >= 15 is 0 Å². The number of nitro groups is 1. The molecule has 1 atom stereocenters. The number of hydrogen-bond acceptors (Lipinski definition) is 4. The molecular formula is C21H18N4O3S. The summed E-state index contributed by atoms with van der Waals surface area (Å²) in [6, 6.07) is 17.5. The van der Waals surface area contributed by atoms with E-state index in [1.165, 1.54) is 24.3 Å². The molecule has 0 saturated carbocycles. The van der Waals surface area contributed by atoms with Crippen LogP contribution in [0, 0.1) is 10.1 Å². The number of amides is 2. The van der Waals surface area contributed by atoms with E-state index in [0.717, 1.165) is 21.3 Å². The fourth-order valence-electron chi connectivity index (χ4n) is 3.27. The highest BCUT2D eigenvalue weighted by Crippen LogP contribution is 2.32. The summed E-state index contributed by atoms with van der Waals surface area (Å²) >= 11 is 1.65. The minimum absolute atomic E-state index is 0.00811. The number of non-ortho nitro benzene ring substituents is 1. The first-order valence-electron chi connectivity index (χ1n) is 9.00. The first kappa shape index (κ1) is 18.7. The van der Waals surface area contributed by atoms with Crippen LogP contribution in [0.2, 0.25) is 0 Å². The lowest BCUT2D eigenvalue weighted by molar-refractivity contribution is -0.384. The van der Waals surface area contributed by atoms with Crippen LogP contribution in [0.5, 0.6) is 0 Å². The maximum absolute atomic E-state index is 12.4. The van der Waals surface area contributed by atoms with Gasteiger partial charge in [-0.2, -0.15) is 0 Å². The molecule has 1 unspecified atom stereocenters. The number of rotatable bonds is 6. The largest absolute Gasteiger partial charge is 0.361 e. The molecule has 0 fully saturated rings. The van der Waals surface area contributed by atoms with E-state index in [1.807, 2.05) is 35.8 Å². The molecule has 146 valence electrons. The second kappa shape index (κ2) is 8.15. The molecule has 0 saturated heterocycles. The van der Waals surface area contributed by atoms with Crippen molar-refractivity contribution >= 4 is 39.6 Å². The van der Waals surface area contributed by atoms with Gasteiger partial charge in [-0.3, -0.25) is 10.1 Å². The van der Waals surface area contributed by atoms with Gasteiger partial charge in [0.25, 0.3) is 5.69 Å². The molecule has 7 nitrogen and oxygen atoms in total. The van der Waals surface area contributed by atoms with E-state index in [-0.39, 0.29) is 17.6 Å². The minimum Gasteiger partial charge on any atom is -0.361 e. The number of thiophene rings is 1. The highest BCUT2D eigenvalue weighted by atomic mass is 32.1. The fraction of sp³-hybridized carbons (Fsp3) is 0.0952. The van der Waals surface area contributed by atoms with Gasteiger partial charge in [-0.15, -0.1) is 11.3 Å². The summed E-state index contributed by atoms with van der Waals surface area (Å²) in [7, 11) is 0. The Bertz CT molecular complexity index is 1140. The molecule has 0 spiro atoms. The van der Waals surface area contributed by atoms with Crippen molar-refractivity contribution in [3.63, 3.8) is 0 Å². The van der Waals surface area contributed by atoms with Gasteiger partial charge in [0.1, 0.15) is 0 Å². The van der Waals surface area contributed by atoms with Gasteiger partial charge < -0.3 is 15.6 Å². The molecule has 0 bridgehead atoms.